The summed E-state index contributed by atoms with van der Waals surface area (Å²) in [6.07, 6.45) is 1.55. The van der Waals surface area contributed by atoms with E-state index in [9.17, 15) is 19.7 Å². The summed E-state index contributed by atoms with van der Waals surface area (Å²) in [6.45, 7) is 0.656. The van der Waals surface area contributed by atoms with Gasteiger partial charge in [-0.3, -0.25) is 14.9 Å². The van der Waals surface area contributed by atoms with Crippen molar-refractivity contribution in [3.63, 3.8) is 0 Å². The van der Waals surface area contributed by atoms with Crippen LogP contribution in [0.4, 0.5) is 11.5 Å². The molecule has 0 saturated carbocycles. The van der Waals surface area contributed by atoms with Crippen LogP contribution in [-0.4, -0.2) is 40.0 Å². The van der Waals surface area contributed by atoms with Crippen LogP contribution < -0.4 is 10.6 Å². The fourth-order valence-electron chi connectivity index (χ4n) is 2.13. The third-order valence-corrected chi connectivity index (χ3v) is 3.18. The van der Waals surface area contributed by atoms with Crippen LogP contribution in [0, 0.1) is 16.0 Å². The first kappa shape index (κ1) is 13.7. The minimum Gasteiger partial charge on any atom is -0.478 e. The molecule has 1 unspecified atom stereocenters. The SMILES string of the molecule is NC(=O)C1CCN(c2ncc(C(=O)O)cc2[N+](=O)[O-])C1. The minimum atomic E-state index is -1.29. The van der Waals surface area contributed by atoms with Crippen LogP contribution in [0.3, 0.4) is 0 Å². The van der Waals surface area contributed by atoms with Crippen molar-refractivity contribution < 1.29 is 19.6 Å². The number of nitrogens with two attached hydrogens (primary N) is 1. The molecule has 9 nitrogen and oxygen atoms in total. The van der Waals surface area contributed by atoms with E-state index in [0.29, 0.717) is 13.0 Å². The molecule has 20 heavy (non-hydrogen) atoms. The van der Waals surface area contributed by atoms with Crippen molar-refractivity contribution in [1.29, 1.82) is 0 Å². The fraction of sp³-hybridized carbons (Fsp3) is 0.364. The molecule has 1 fully saturated rings. The smallest absolute Gasteiger partial charge is 0.337 e. The number of primary amides is 1. The zero-order valence-electron chi connectivity index (χ0n) is 10.4. The highest BCUT2D eigenvalue weighted by Crippen LogP contribution is 2.30. The first-order chi connectivity index (χ1) is 9.40. The third kappa shape index (κ3) is 2.51. The van der Waals surface area contributed by atoms with Crippen LogP contribution in [0.5, 0.6) is 0 Å². The predicted octanol–water partition coefficient (Wildman–Crippen LogP) is -0.000400. The highest BCUT2D eigenvalue weighted by atomic mass is 16.6. The number of pyridine rings is 1. The van der Waals surface area contributed by atoms with E-state index in [-0.39, 0.29) is 23.8 Å². The van der Waals surface area contributed by atoms with E-state index in [1.54, 1.807) is 4.90 Å². The number of carboxylic acids is 1. The van der Waals surface area contributed by atoms with Gasteiger partial charge in [0.2, 0.25) is 11.7 Å². The standard InChI is InChI=1S/C11H12N4O5/c12-9(16)6-1-2-14(5-6)10-8(15(19)20)3-7(4-13-10)11(17)18/h3-4,6H,1-2,5H2,(H2,12,16)(H,17,18). The van der Waals surface area contributed by atoms with Crippen LogP contribution in [0.25, 0.3) is 0 Å². The van der Waals surface area contributed by atoms with Crippen molar-refractivity contribution in [2.75, 3.05) is 18.0 Å². The zero-order valence-corrected chi connectivity index (χ0v) is 10.4. The van der Waals surface area contributed by atoms with Gasteiger partial charge in [0.05, 0.1) is 16.4 Å². The molecule has 1 aromatic heterocycles. The maximum atomic E-state index is 11.1. The molecule has 2 rings (SSSR count). The Morgan fingerprint density at radius 1 is 1.55 bits per heavy atom. The van der Waals surface area contributed by atoms with Gasteiger partial charge >= 0.3 is 11.7 Å². The zero-order chi connectivity index (χ0) is 14.9. The molecule has 0 radical (unpaired) electrons. The van der Waals surface area contributed by atoms with Gasteiger partial charge in [-0.25, -0.2) is 9.78 Å². The van der Waals surface area contributed by atoms with Gasteiger partial charge in [0.1, 0.15) is 0 Å². The maximum absolute atomic E-state index is 11.1. The Labute approximate surface area is 113 Å². The average Bonchev–Trinajstić information content (AvgIpc) is 2.87. The number of aromatic carboxylic acids is 1. The van der Waals surface area contributed by atoms with Gasteiger partial charge in [0.25, 0.3) is 0 Å². The van der Waals surface area contributed by atoms with Crippen LogP contribution >= 0.6 is 0 Å². The lowest BCUT2D eigenvalue weighted by Crippen LogP contribution is -2.28. The molecule has 1 amide bonds. The Morgan fingerprint density at radius 3 is 2.75 bits per heavy atom. The van der Waals surface area contributed by atoms with Crippen molar-refractivity contribution in [2.45, 2.75) is 6.42 Å². The number of rotatable bonds is 4. The van der Waals surface area contributed by atoms with E-state index in [2.05, 4.69) is 4.98 Å². The Balaban J connectivity index is 2.35. The monoisotopic (exact) mass is 280 g/mol. The number of nitrogens with zero attached hydrogens (tertiary/aromatic N) is 3. The van der Waals surface area contributed by atoms with Crippen LogP contribution in [0.15, 0.2) is 12.3 Å². The van der Waals surface area contributed by atoms with Gasteiger partial charge in [0.15, 0.2) is 0 Å². The van der Waals surface area contributed by atoms with Gasteiger partial charge in [0, 0.05) is 25.4 Å². The van der Waals surface area contributed by atoms with Gasteiger partial charge in [-0.05, 0) is 6.42 Å². The summed E-state index contributed by atoms with van der Waals surface area (Å²) < 4.78 is 0. The molecule has 0 aromatic carbocycles. The van der Waals surface area contributed by atoms with Crippen molar-refractivity contribution in [1.82, 2.24) is 4.98 Å². The number of carbonyl (C=O) groups is 2. The summed E-state index contributed by atoms with van der Waals surface area (Å²) in [4.78, 5) is 37.7. The molecule has 0 spiro atoms. The first-order valence-corrected chi connectivity index (χ1v) is 5.82. The minimum absolute atomic E-state index is 0.0590. The van der Waals surface area contributed by atoms with E-state index in [1.165, 1.54) is 0 Å². The third-order valence-electron chi connectivity index (χ3n) is 3.18. The lowest BCUT2D eigenvalue weighted by Gasteiger charge is -2.16. The second-order valence-electron chi connectivity index (χ2n) is 4.46. The van der Waals surface area contributed by atoms with Gasteiger partial charge in [-0.1, -0.05) is 0 Å². The normalized spacial score (nSPS) is 18.0. The van der Waals surface area contributed by atoms with Gasteiger partial charge in [-0.2, -0.15) is 0 Å². The Bertz CT molecular complexity index is 588. The number of nitro groups is 1. The molecule has 1 atom stereocenters. The fourth-order valence-corrected chi connectivity index (χ4v) is 2.13. The Kier molecular flexibility index (Phi) is 3.51. The lowest BCUT2D eigenvalue weighted by molar-refractivity contribution is -0.384. The molecule has 1 aliphatic rings. The van der Waals surface area contributed by atoms with E-state index in [0.717, 1.165) is 12.3 Å². The van der Waals surface area contributed by atoms with Gasteiger partial charge in [-0.15, -0.1) is 0 Å². The number of hydrogen-bond donors (Lipinski definition) is 2. The highest BCUT2D eigenvalue weighted by Gasteiger charge is 2.32. The molecule has 1 aromatic rings. The second-order valence-corrected chi connectivity index (χ2v) is 4.46. The number of carboxylic acid groups (broad SMARTS) is 1. The van der Waals surface area contributed by atoms with Crippen LogP contribution in [-0.2, 0) is 4.79 Å². The van der Waals surface area contributed by atoms with Crippen molar-refractivity contribution in [2.24, 2.45) is 11.7 Å². The quantitative estimate of drug-likeness (QED) is 0.584. The topological polar surface area (TPSA) is 140 Å². The molecular formula is C11H12N4O5. The lowest BCUT2D eigenvalue weighted by atomic mass is 10.1. The highest BCUT2D eigenvalue weighted by molar-refractivity contribution is 5.89. The Hall–Kier alpha value is -2.71. The number of carbonyl (C=O) groups excluding carboxylic acids is 1. The van der Waals surface area contributed by atoms with Gasteiger partial charge < -0.3 is 15.7 Å². The molecule has 9 heteroatoms. The molecule has 0 bridgehead atoms. The number of aromatic nitrogens is 1. The van der Waals surface area contributed by atoms with E-state index >= 15 is 0 Å². The molecule has 106 valence electrons. The Morgan fingerprint density at radius 2 is 2.25 bits per heavy atom. The summed E-state index contributed by atoms with van der Waals surface area (Å²) in [7, 11) is 0. The molecule has 1 saturated heterocycles. The summed E-state index contributed by atoms with van der Waals surface area (Å²) in [6, 6.07) is 0.961. The molecule has 1 aliphatic heterocycles. The van der Waals surface area contributed by atoms with E-state index in [4.69, 9.17) is 10.8 Å². The van der Waals surface area contributed by atoms with E-state index < -0.39 is 22.5 Å². The summed E-state index contributed by atoms with van der Waals surface area (Å²) in [5.41, 5.74) is 4.55. The summed E-state index contributed by atoms with van der Waals surface area (Å²) >= 11 is 0. The number of anilines is 1. The second kappa shape index (κ2) is 5.11. The van der Waals surface area contributed by atoms with Crippen LogP contribution in [0.1, 0.15) is 16.8 Å². The van der Waals surface area contributed by atoms with Crippen molar-refractivity contribution >= 4 is 23.4 Å². The van der Waals surface area contributed by atoms with Crippen molar-refractivity contribution in [3.05, 3.63) is 27.9 Å². The molecule has 3 N–H and O–H groups in total. The summed E-state index contributed by atoms with van der Waals surface area (Å²) in [5.74, 6) is -2.07. The molecule has 0 aliphatic carbocycles. The maximum Gasteiger partial charge on any atom is 0.337 e. The van der Waals surface area contributed by atoms with Crippen molar-refractivity contribution in [3.8, 4) is 0 Å². The predicted molar refractivity (Wildman–Crippen MR) is 67.4 cm³/mol. The largest absolute Gasteiger partial charge is 0.478 e. The summed E-state index contributed by atoms with van der Waals surface area (Å²) in [5, 5.41) is 19.8. The number of hydrogen-bond acceptors (Lipinski definition) is 6. The van der Waals surface area contributed by atoms with E-state index in [1.807, 2.05) is 0 Å². The molecular weight excluding hydrogens is 268 g/mol. The number of amides is 1. The van der Waals surface area contributed by atoms with Crippen LogP contribution in [0.2, 0.25) is 0 Å². The molecule has 2 heterocycles. The average molecular weight is 280 g/mol. The first-order valence-electron chi connectivity index (χ1n) is 5.82.